The van der Waals surface area contributed by atoms with Gasteiger partial charge in [-0.1, -0.05) is 48.5 Å². The quantitative estimate of drug-likeness (QED) is 0.756. The van der Waals surface area contributed by atoms with Gasteiger partial charge in [0.25, 0.3) is 0 Å². The Kier molecular flexibility index (Phi) is 6.82. The predicted octanol–water partition coefficient (Wildman–Crippen LogP) is 3.20. The first-order chi connectivity index (χ1) is 11.6. The van der Waals surface area contributed by atoms with Gasteiger partial charge < -0.3 is 15.2 Å². The van der Waals surface area contributed by atoms with Crippen molar-refractivity contribution in [2.24, 2.45) is 11.7 Å². The van der Waals surface area contributed by atoms with E-state index in [0.29, 0.717) is 6.61 Å². The van der Waals surface area contributed by atoms with Crippen LogP contribution in [-0.2, 0) is 16.0 Å². The van der Waals surface area contributed by atoms with E-state index < -0.39 is 6.04 Å². The third kappa shape index (κ3) is 5.70. The summed E-state index contributed by atoms with van der Waals surface area (Å²) in [6.07, 6.45) is 0.480. The van der Waals surface area contributed by atoms with E-state index in [1.165, 1.54) is 5.56 Å². The lowest BCUT2D eigenvalue weighted by molar-refractivity contribution is -0.152. The van der Waals surface area contributed by atoms with Crippen LogP contribution in [0.15, 0.2) is 60.7 Å². The molecule has 0 saturated heterocycles. The highest BCUT2D eigenvalue weighted by molar-refractivity contribution is 5.75. The first-order valence-corrected chi connectivity index (χ1v) is 8.24. The van der Waals surface area contributed by atoms with Crippen LogP contribution in [0.1, 0.15) is 19.4 Å². The van der Waals surface area contributed by atoms with E-state index in [-0.39, 0.29) is 18.0 Å². The average molecular weight is 327 g/mol. The van der Waals surface area contributed by atoms with Crippen LogP contribution in [0.5, 0.6) is 5.75 Å². The van der Waals surface area contributed by atoms with Crippen molar-refractivity contribution in [2.75, 3.05) is 6.61 Å². The van der Waals surface area contributed by atoms with Crippen molar-refractivity contribution < 1.29 is 14.3 Å². The zero-order valence-corrected chi connectivity index (χ0v) is 14.2. The number of nitrogens with two attached hydrogens (primary N) is 1. The summed E-state index contributed by atoms with van der Waals surface area (Å²) in [6, 6.07) is 19.1. The van der Waals surface area contributed by atoms with Crippen molar-refractivity contribution in [1.82, 2.24) is 0 Å². The third-order valence-electron chi connectivity index (χ3n) is 3.89. The summed E-state index contributed by atoms with van der Waals surface area (Å²) in [5.74, 6) is 0.455. The molecule has 0 bridgehead atoms. The molecule has 3 atom stereocenters. The van der Waals surface area contributed by atoms with Crippen LogP contribution in [0.3, 0.4) is 0 Å². The highest BCUT2D eigenvalue weighted by atomic mass is 16.5. The summed E-state index contributed by atoms with van der Waals surface area (Å²) in [7, 11) is 0. The fraction of sp³-hybridized carbons (Fsp3) is 0.350. The normalized spacial score (nSPS) is 14.5. The van der Waals surface area contributed by atoms with Gasteiger partial charge in [0.15, 0.2) is 0 Å². The Morgan fingerprint density at radius 2 is 1.58 bits per heavy atom. The second kappa shape index (κ2) is 9.08. The van der Waals surface area contributed by atoms with Crippen LogP contribution in [0, 0.1) is 5.92 Å². The second-order valence-corrected chi connectivity index (χ2v) is 6.00. The summed E-state index contributed by atoms with van der Waals surface area (Å²) < 4.78 is 11.4. The molecule has 0 saturated carbocycles. The Hall–Kier alpha value is -2.33. The van der Waals surface area contributed by atoms with E-state index in [2.05, 4.69) is 12.1 Å². The van der Waals surface area contributed by atoms with Crippen molar-refractivity contribution in [1.29, 1.82) is 0 Å². The number of carbonyl (C=O) groups is 1. The molecule has 0 aliphatic carbocycles. The number of rotatable bonds is 8. The maximum Gasteiger partial charge on any atom is 0.322 e. The summed E-state index contributed by atoms with van der Waals surface area (Å²) in [4.78, 5) is 11.8. The Bertz CT molecular complexity index is 613. The molecule has 0 fully saturated rings. The average Bonchev–Trinajstić information content (AvgIpc) is 2.60. The number of para-hydroxylation sites is 1. The molecule has 2 N–H and O–H groups in total. The lowest BCUT2D eigenvalue weighted by Gasteiger charge is -2.25. The number of carbonyl (C=O) groups excluding carboxylic acids is 1. The molecule has 128 valence electrons. The molecule has 0 spiro atoms. The molecule has 0 heterocycles. The number of benzene rings is 2. The second-order valence-electron chi connectivity index (χ2n) is 6.00. The van der Waals surface area contributed by atoms with Crippen molar-refractivity contribution >= 4 is 5.97 Å². The summed E-state index contributed by atoms with van der Waals surface area (Å²) in [5, 5.41) is 0. The van der Waals surface area contributed by atoms with Gasteiger partial charge in [-0.25, -0.2) is 0 Å². The highest BCUT2D eigenvalue weighted by Gasteiger charge is 2.23. The molecule has 24 heavy (non-hydrogen) atoms. The van der Waals surface area contributed by atoms with Gasteiger partial charge in [-0.3, -0.25) is 4.79 Å². The molecular weight excluding hydrogens is 302 g/mol. The first-order valence-electron chi connectivity index (χ1n) is 8.24. The van der Waals surface area contributed by atoms with E-state index >= 15 is 0 Å². The zero-order chi connectivity index (χ0) is 17.4. The fourth-order valence-electron chi connectivity index (χ4n) is 2.38. The molecule has 4 nitrogen and oxygen atoms in total. The van der Waals surface area contributed by atoms with Crippen molar-refractivity contribution in [2.45, 2.75) is 32.4 Å². The van der Waals surface area contributed by atoms with Crippen LogP contribution < -0.4 is 10.5 Å². The summed E-state index contributed by atoms with van der Waals surface area (Å²) in [6.45, 7) is 3.98. The standard InChI is InChI=1S/C20H25NO3/c1-15(21)20(22)24-16(2)18(13-17-9-5-3-6-10-17)14-23-19-11-7-4-8-12-19/h3-12,15-16,18H,13-14,21H2,1-2H3/t15-,16-,18+/m0/s1. The minimum Gasteiger partial charge on any atom is -0.493 e. The van der Waals surface area contributed by atoms with Gasteiger partial charge in [-0.05, 0) is 38.0 Å². The van der Waals surface area contributed by atoms with Gasteiger partial charge in [-0.15, -0.1) is 0 Å². The molecule has 2 aromatic carbocycles. The number of hydrogen-bond acceptors (Lipinski definition) is 4. The van der Waals surface area contributed by atoms with Crippen LogP contribution in [-0.4, -0.2) is 24.7 Å². The Morgan fingerprint density at radius 3 is 2.17 bits per heavy atom. The number of ether oxygens (including phenoxy) is 2. The monoisotopic (exact) mass is 327 g/mol. The van der Waals surface area contributed by atoms with Gasteiger partial charge in [0.05, 0.1) is 6.61 Å². The maximum atomic E-state index is 11.8. The summed E-state index contributed by atoms with van der Waals surface area (Å²) in [5.41, 5.74) is 6.78. The molecule has 0 radical (unpaired) electrons. The lowest BCUT2D eigenvalue weighted by Crippen LogP contribution is -2.36. The van der Waals surface area contributed by atoms with Crippen LogP contribution in [0.25, 0.3) is 0 Å². The van der Waals surface area contributed by atoms with E-state index in [9.17, 15) is 4.79 Å². The van der Waals surface area contributed by atoms with Crippen molar-refractivity contribution in [3.05, 3.63) is 66.2 Å². The number of esters is 1. The fourth-order valence-corrected chi connectivity index (χ4v) is 2.38. The maximum absolute atomic E-state index is 11.8. The third-order valence-corrected chi connectivity index (χ3v) is 3.89. The zero-order valence-electron chi connectivity index (χ0n) is 14.2. The molecular formula is C20H25NO3. The Labute approximate surface area is 143 Å². The van der Waals surface area contributed by atoms with E-state index in [1.807, 2.05) is 55.5 Å². The Balaban J connectivity index is 2.03. The van der Waals surface area contributed by atoms with E-state index in [1.54, 1.807) is 6.92 Å². The van der Waals surface area contributed by atoms with Gasteiger partial charge >= 0.3 is 5.97 Å². The first kappa shape index (κ1) is 18.0. The molecule has 0 aliphatic heterocycles. The SMILES string of the molecule is C[C@H](N)C(=O)O[C@@H](C)[C@@H](COc1ccccc1)Cc1ccccc1. The van der Waals surface area contributed by atoms with Gasteiger partial charge in [0, 0.05) is 5.92 Å². The molecule has 0 aromatic heterocycles. The topological polar surface area (TPSA) is 61.6 Å². The van der Waals surface area contributed by atoms with Gasteiger partial charge in [0.1, 0.15) is 17.9 Å². The molecule has 0 unspecified atom stereocenters. The van der Waals surface area contributed by atoms with Crippen LogP contribution in [0.4, 0.5) is 0 Å². The molecule has 0 amide bonds. The van der Waals surface area contributed by atoms with Crippen LogP contribution in [0.2, 0.25) is 0 Å². The summed E-state index contributed by atoms with van der Waals surface area (Å²) >= 11 is 0. The van der Waals surface area contributed by atoms with Crippen molar-refractivity contribution in [3.8, 4) is 5.75 Å². The lowest BCUT2D eigenvalue weighted by atomic mass is 9.95. The minimum atomic E-state index is -0.625. The highest BCUT2D eigenvalue weighted by Crippen LogP contribution is 2.18. The van der Waals surface area contributed by atoms with Crippen LogP contribution >= 0.6 is 0 Å². The molecule has 2 rings (SSSR count). The Morgan fingerprint density at radius 1 is 1.00 bits per heavy atom. The van der Waals surface area contributed by atoms with Gasteiger partial charge in [-0.2, -0.15) is 0 Å². The van der Waals surface area contributed by atoms with E-state index in [4.69, 9.17) is 15.2 Å². The minimum absolute atomic E-state index is 0.0373. The van der Waals surface area contributed by atoms with E-state index in [0.717, 1.165) is 12.2 Å². The largest absolute Gasteiger partial charge is 0.493 e. The number of hydrogen-bond donors (Lipinski definition) is 1. The van der Waals surface area contributed by atoms with Crippen molar-refractivity contribution in [3.63, 3.8) is 0 Å². The van der Waals surface area contributed by atoms with Gasteiger partial charge in [0.2, 0.25) is 0 Å². The molecule has 2 aromatic rings. The molecule has 0 aliphatic rings. The predicted molar refractivity (Wildman–Crippen MR) is 94.8 cm³/mol. The molecule has 4 heteroatoms. The smallest absolute Gasteiger partial charge is 0.322 e.